The molecule has 2 saturated carbocycles. The first kappa shape index (κ1) is 21.4. The number of ether oxygens (including phenoxy) is 1. The summed E-state index contributed by atoms with van der Waals surface area (Å²) >= 11 is 0. The van der Waals surface area contributed by atoms with Gasteiger partial charge < -0.3 is 10.5 Å². The number of halogens is 3. The van der Waals surface area contributed by atoms with Gasteiger partial charge in [0.1, 0.15) is 5.82 Å². The molecular weight excluding hydrogens is 431 g/mol. The van der Waals surface area contributed by atoms with E-state index in [4.69, 9.17) is 15.6 Å². The number of nitrogens with zero attached hydrogens (tertiary/aromatic N) is 4. The van der Waals surface area contributed by atoms with Crippen LogP contribution in [0.25, 0.3) is 11.3 Å². The van der Waals surface area contributed by atoms with Crippen LogP contribution in [0, 0.1) is 23.7 Å². The van der Waals surface area contributed by atoms with Crippen molar-refractivity contribution in [3.8, 4) is 11.3 Å². The monoisotopic (exact) mass is 461 g/mol. The standard InChI is InChI=1S/C24H30F3N5O/c1-12(2)32-21(6-20(30-32)13-3-19(24(25,26)27)23(28)29-7-13)22-17-4-16(5-18(17)22)31-8-14-10-33-11-15(14)9-31/h3,6-7,12,14-18,22H,4-5,8-11H2,1-2H3,(H2,28,29)/t14?,15?,16?,17-,18+,22?. The molecule has 4 unspecified atom stereocenters. The first-order valence-electron chi connectivity index (χ1n) is 11.9. The molecule has 0 amide bonds. The Kier molecular flexibility index (Phi) is 4.82. The molecule has 33 heavy (non-hydrogen) atoms. The van der Waals surface area contributed by atoms with Crippen molar-refractivity contribution in [2.24, 2.45) is 23.7 Å². The Morgan fingerprint density at radius 2 is 1.76 bits per heavy atom. The number of hydrogen-bond acceptors (Lipinski definition) is 5. The van der Waals surface area contributed by atoms with Gasteiger partial charge >= 0.3 is 6.18 Å². The lowest BCUT2D eigenvalue weighted by atomic mass is 10.0. The van der Waals surface area contributed by atoms with Gasteiger partial charge in [-0.05, 0) is 50.7 Å². The maximum Gasteiger partial charge on any atom is 0.419 e. The molecule has 4 aliphatic rings. The van der Waals surface area contributed by atoms with Crippen molar-refractivity contribution in [2.75, 3.05) is 32.0 Å². The summed E-state index contributed by atoms with van der Waals surface area (Å²) < 4.78 is 47.6. The fourth-order valence-corrected chi connectivity index (χ4v) is 6.63. The van der Waals surface area contributed by atoms with E-state index < -0.39 is 17.6 Å². The van der Waals surface area contributed by atoms with Crippen LogP contribution >= 0.6 is 0 Å². The number of hydrogen-bond donors (Lipinski definition) is 1. The molecule has 2 aromatic rings. The minimum absolute atomic E-state index is 0.132. The fraction of sp³-hybridized carbons (Fsp3) is 0.667. The summed E-state index contributed by atoms with van der Waals surface area (Å²) in [5, 5.41) is 4.70. The molecule has 178 valence electrons. The second-order valence-corrected chi connectivity index (χ2v) is 10.6. The predicted octanol–water partition coefficient (Wildman–Crippen LogP) is 4.20. The Balaban J connectivity index is 1.21. The van der Waals surface area contributed by atoms with Crippen LogP contribution in [0.5, 0.6) is 0 Å². The van der Waals surface area contributed by atoms with Gasteiger partial charge in [0, 0.05) is 60.4 Å². The summed E-state index contributed by atoms with van der Waals surface area (Å²) in [5.74, 6) is 2.64. The van der Waals surface area contributed by atoms with Crippen molar-refractivity contribution in [3.05, 3.63) is 29.6 Å². The van der Waals surface area contributed by atoms with E-state index in [1.807, 2.05) is 10.7 Å². The highest BCUT2D eigenvalue weighted by molar-refractivity contribution is 5.63. The van der Waals surface area contributed by atoms with E-state index in [-0.39, 0.29) is 6.04 Å². The van der Waals surface area contributed by atoms with Gasteiger partial charge in [-0.3, -0.25) is 9.58 Å². The minimum atomic E-state index is -4.54. The zero-order chi connectivity index (χ0) is 23.1. The Hall–Kier alpha value is -2.13. The molecule has 0 bridgehead atoms. The van der Waals surface area contributed by atoms with E-state index in [2.05, 4.69) is 23.7 Å². The molecule has 2 aromatic heterocycles. The zero-order valence-corrected chi connectivity index (χ0v) is 18.9. The van der Waals surface area contributed by atoms with E-state index in [1.165, 1.54) is 32.1 Å². The SMILES string of the molecule is CC(C)n1nc(-c2cnc(N)c(C(F)(F)F)c2)cc1C1[C@H]2CC(N3CC4COCC4C3)C[C@@H]12. The lowest BCUT2D eigenvalue weighted by Gasteiger charge is -2.27. The number of aromatic nitrogens is 3. The van der Waals surface area contributed by atoms with E-state index >= 15 is 0 Å². The third-order valence-electron chi connectivity index (χ3n) is 8.32. The molecule has 2 aliphatic heterocycles. The van der Waals surface area contributed by atoms with Crippen LogP contribution in [0.15, 0.2) is 18.3 Å². The predicted molar refractivity (Wildman–Crippen MR) is 117 cm³/mol. The van der Waals surface area contributed by atoms with Crippen molar-refractivity contribution in [1.82, 2.24) is 19.7 Å². The molecule has 2 saturated heterocycles. The smallest absolute Gasteiger partial charge is 0.383 e. The number of alkyl halides is 3. The number of nitrogens with two attached hydrogens (primary N) is 1. The Labute approximate surface area is 191 Å². The maximum atomic E-state index is 13.3. The molecule has 2 N–H and O–H groups in total. The van der Waals surface area contributed by atoms with E-state index in [0.29, 0.717) is 46.9 Å². The van der Waals surface area contributed by atoms with Crippen molar-refractivity contribution >= 4 is 5.82 Å². The first-order chi connectivity index (χ1) is 15.7. The van der Waals surface area contributed by atoms with Gasteiger partial charge in [0.25, 0.3) is 0 Å². The molecule has 0 spiro atoms. The lowest BCUT2D eigenvalue weighted by molar-refractivity contribution is -0.137. The Morgan fingerprint density at radius 3 is 2.36 bits per heavy atom. The first-order valence-corrected chi connectivity index (χ1v) is 11.9. The minimum Gasteiger partial charge on any atom is -0.383 e. The number of fused-ring (bicyclic) bond motifs is 2. The normalized spacial score (nSPS) is 33.6. The largest absolute Gasteiger partial charge is 0.419 e. The highest BCUT2D eigenvalue weighted by atomic mass is 19.4. The van der Waals surface area contributed by atoms with Crippen LogP contribution in [0.3, 0.4) is 0 Å². The second kappa shape index (κ2) is 7.43. The number of likely N-dealkylation sites (tertiary alicyclic amines) is 1. The van der Waals surface area contributed by atoms with Gasteiger partial charge in [0.15, 0.2) is 0 Å². The molecule has 2 aliphatic carbocycles. The number of pyridine rings is 1. The summed E-state index contributed by atoms with van der Waals surface area (Å²) in [4.78, 5) is 6.48. The quantitative estimate of drug-likeness (QED) is 0.739. The van der Waals surface area contributed by atoms with Crippen LogP contribution in [0.1, 0.15) is 49.9 Å². The van der Waals surface area contributed by atoms with E-state index in [0.717, 1.165) is 25.0 Å². The summed E-state index contributed by atoms with van der Waals surface area (Å²) in [6.07, 6.45) is -0.746. The zero-order valence-electron chi connectivity index (χ0n) is 18.9. The third-order valence-corrected chi connectivity index (χ3v) is 8.32. The second-order valence-electron chi connectivity index (χ2n) is 10.6. The van der Waals surface area contributed by atoms with Crippen molar-refractivity contribution in [2.45, 2.75) is 50.9 Å². The van der Waals surface area contributed by atoms with Crippen molar-refractivity contribution in [3.63, 3.8) is 0 Å². The molecule has 0 radical (unpaired) electrons. The molecule has 0 aromatic carbocycles. The topological polar surface area (TPSA) is 69.2 Å². The molecule has 6 rings (SSSR count). The summed E-state index contributed by atoms with van der Waals surface area (Å²) in [6, 6.07) is 3.83. The molecule has 4 heterocycles. The van der Waals surface area contributed by atoms with Crippen LogP contribution in [0.4, 0.5) is 19.0 Å². The highest BCUT2D eigenvalue weighted by Crippen LogP contribution is 2.64. The molecule has 4 fully saturated rings. The summed E-state index contributed by atoms with van der Waals surface area (Å²) in [5.41, 5.74) is 6.60. The van der Waals surface area contributed by atoms with Gasteiger partial charge in [0.05, 0.1) is 24.5 Å². The highest BCUT2D eigenvalue weighted by Gasteiger charge is 2.59. The van der Waals surface area contributed by atoms with Gasteiger partial charge in [-0.15, -0.1) is 0 Å². The Bertz CT molecular complexity index is 1040. The van der Waals surface area contributed by atoms with Crippen LogP contribution in [-0.2, 0) is 10.9 Å². The van der Waals surface area contributed by atoms with Gasteiger partial charge in [-0.2, -0.15) is 18.3 Å². The van der Waals surface area contributed by atoms with Gasteiger partial charge in [-0.1, -0.05) is 0 Å². The number of rotatable bonds is 4. The molecular formula is C24H30F3N5O. The van der Waals surface area contributed by atoms with Crippen LogP contribution in [0.2, 0.25) is 0 Å². The molecule has 6 atom stereocenters. The summed E-state index contributed by atoms with van der Waals surface area (Å²) in [7, 11) is 0. The maximum absolute atomic E-state index is 13.3. The summed E-state index contributed by atoms with van der Waals surface area (Å²) in [6.45, 7) is 8.28. The van der Waals surface area contributed by atoms with E-state index in [1.54, 1.807) is 0 Å². The van der Waals surface area contributed by atoms with Crippen LogP contribution < -0.4 is 5.73 Å². The van der Waals surface area contributed by atoms with Gasteiger partial charge in [0.2, 0.25) is 0 Å². The Morgan fingerprint density at radius 1 is 1.09 bits per heavy atom. The van der Waals surface area contributed by atoms with Crippen molar-refractivity contribution < 1.29 is 17.9 Å². The number of nitrogen functional groups attached to an aromatic ring is 1. The third kappa shape index (κ3) is 3.55. The van der Waals surface area contributed by atoms with Gasteiger partial charge in [-0.25, -0.2) is 4.98 Å². The average molecular weight is 462 g/mol. The van der Waals surface area contributed by atoms with Crippen LogP contribution in [-0.4, -0.2) is 52.0 Å². The average Bonchev–Trinajstić information content (AvgIpc) is 3.30. The lowest BCUT2D eigenvalue weighted by Crippen LogP contribution is -2.34. The van der Waals surface area contributed by atoms with Crippen molar-refractivity contribution in [1.29, 1.82) is 0 Å². The number of anilines is 1. The fourth-order valence-electron chi connectivity index (χ4n) is 6.63. The van der Waals surface area contributed by atoms with E-state index in [9.17, 15) is 13.2 Å². The molecule has 6 nitrogen and oxygen atoms in total. The molecule has 9 heteroatoms.